The maximum Gasteiger partial charge on any atom is 0.326 e. The van der Waals surface area contributed by atoms with Crippen molar-refractivity contribution in [1.29, 1.82) is 0 Å². The SMILES string of the molecule is CC(C(=O)O)N(CCC(=O)O)c1ccc([N+](=O)[O-])cn1. The fourth-order valence-corrected chi connectivity index (χ4v) is 1.51. The number of carboxylic acid groups (broad SMARTS) is 2. The van der Waals surface area contributed by atoms with Crippen LogP contribution in [0, 0.1) is 10.1 Å². The summed E-state index contributed by atoms with van der Waals surface area (Å²) in [5, 5.41) is 28.2. The van der Waals surface area contributed by atoms with Crippen molar-refractivity contribution in [3.05, 3.63) is 28.4 Å². The Labute approximate surface area is 113 Å². The molecule has 0 bridgehead atoms. The molecular weight excluding hydrogens is 270 g/mol. The third-order valence-corrected chi connectivity index (χ3v) is 2.63. The number of aromatic nitrogens is 1. The number of nitrogens with zero attached hydrogens (tertiary/aromatic N) is 3. The van der Waals surface area contributed by atoms with E-state index in [1.54, 1.807) is 0 Å². The summed E-state index contributed by atoms with van der Waals surface area (Å²) in [4.78, 5) is 36.6. The van der Waals surface area contributed by atoms with Gasteiger partial charge >= 0.3 is 11.9 Å². The second-order valence-corrected chi connectivity index (χ2v) is 3.98. The van der Waals surface area contributed by atoms with E-state index < -0.39 is 22.9 Å². The minimum Gasteiger partial charge on any atom is -0.481 e. The molecule has 20 heavy (non-hydrogen) atoms. The summed E-state index contributed by atoms with van der Waals surface area (Å²) in [6.45, 7) is 1.32. The summed E-state index contributed by atoms with van der Waals surface area (Å²) in [7, 11) is 0. The first-order valence-electron chi connectivity index (χ1n) is 5.64. The molecule has 1 heterocycles. The van der Waals surface area contributed by atoms with E-state index in [9.17, 15) is 19.7 Å². The van der Waals surface area contributed by atoms with Gasteiger partial charge in [-0.3, -0.25) is 14.9 Å². The Hall–Kier alpha value is -2.71. The van der Waals surface area contributed by atoms with Gasteiger partial charge in [-0.25, -0.2) is 9.78 Å². The summed E-state index contributed by atoms with van der Waals surface area (Å²) < 4.78 is 0. The van der Waals surface area contributed by atoms with Gasteiger partial charge < -0.3 is 15.1 Å². The molecule has 0 saturated carbocycles. The van der Waals surface area contributed by atoms with Crippen LogP contribution in [0.3, 0.4) is 0 Å². The van der Waals surface area contributed by atoms with Gasteiger partial charge in [-0.1, -0.05) is 0 Å². The largest absolute Gasteiger partial charge is 0.481 e. The Kier molecular flexibility index (Phi) is 4.95. The highest BCUT2D eigenvalue weighted by Crippen LogP contribution is 2.18. The second kappa shape index (κ2) is 6.45. The molecule has 1 unspecified atom stereocenters. The van der Waals surface area contributed by atoms with Crippen LogP contribution in [0.25, 0.3) is 0 Å². The molecule has 0 saturated heterocycles. The Morgan fingerprint density at radius 1 is 1.45 bits per heavy atom. The molecule has 9 heteroatoms. The lowest BCUT2D eigenvalue weighted by atomic mass is 10.2. The molecule has 1 rings (SSSR count). The summed E-state index contributed by atoms with van der Waals surface area (Å²) in [5.41, 5.74) is -0.227. The van der Waals surface area contributed by atoms with E-state index in [1.165, 1.54) is 24.0 Å². The number of hydrogen-bond donors (Lipinski definition) is 2. The van der Waals surface area contributed by atoms with Crippen LogP contribution in [0.4, 0.5) is 11.5 Å². The molecule has 0 amide bonds. The van der Waals surface area contributed by atoms with Gasteiger partial charge in [0.1, 0.15) is 18.1 Å². The Morgan fingerprint density at radius 3 is 2.50 bits per heavy atom. The number of carbonyl (C=O) groups is 2. The van der Waals surface area contributed by atoms with Crippen molar-refractivity contribution in [3.8, 4) is 0 Å². The standard InChI is InChI=1S/C11H13N3O6/c1-7(11(17)18)13(5-4-10(15)16)9-3-2-8(6-12-9)14(19)20/h2-3,6-7H,4-5H2,1H3,(H,15,16)(H,17,18). The van der Waals surface area contributed by atoms with Crippen LogP contribution in [-0.4, -0.2) is 44.6 Å². The molecule has 0 aliphatic heterocycles. The van der Waals surface area contributed by atoms with Crippen LogP contribution in [-0.2, 0) is 9.59 Å². The van der Waals surface area contributed by atoms with Gasteiger partial charge in [0, 0.05) is 12.6 Å². The normalized spacial score (nSPS) is 11.7. The van der Waals surface area contributed by atoms with Gasteiger partial charge in [0.15, 0.2) is 0 Å². The van der Waals surface area contributed by atoms with Gasteiger partial charge in [-0.15, -0.1) is 0 Å². The summed E-state index contributed by atoms with van der Waals surface area (Å²) in [6.07, 6.45) is 0.730. The van der Waals surface area contributed by atoms with E-state index >= 15 is 0 Å². The average Bonchev–Trinajstić information content (AvgIpc) is 2.38. The summed E-state index contributed by atoms with van der Waals surface area (Å²) in [5.74, 6) is -2.04. The van der Waals surface area contributed by atoms with Gasteiger partial charge in [-0.05, 0) is 13.0 Å². The molecule has 1 aromatic rings. The topological polar surface area (TPSA) is 134 Å². The van der Waals surface area contributed by atoms with E-state index in [2.05, 4.69) is 4.98 Å². The molecule has 0 fully saturated rings. The quantitative estimate of drug-likeness (QED) is 0.552. The monoisotopic (exact) mass is 283 g/mol. The minimum atomic E-state index is -1.14. The molecule has 0 aliphatic rings. The average molecular weight is 283 g/mol. The van der Waals surface area contributed by atoms with Crippen molar-refractivity contribution >= 4 is 23.4 Å². The fourth-order valence-electron chi connectivity index (χ4n) is 1.51. The first-order chi connectivity index (χ1) is 9.32. The van der Waals surface area contributed by atoms with Crippen LogP contribution >= 0.6 is 0 Å². The van der Waals surface area contributed by atoms with Crippen molar-refractivity contribution < 1.29 is 24.7 Å². The molecule has 0 aliphatic carbocycles. The summed E-state index contributed by atoms with van der Waals surface area (Å²) in [6, 6.07) is 1.48. The predicted octanol–water partition coefficient (Wildman–Crippen LogP) is 0.744. The van der Waals surface area contributed by atoms with Crippen LogP contribution in [0.15, 0.2) is 18.3 Å². The highest BCUT2D eigenvalue weighted by molar-refractivity contribution is 5.77. The number of pyridine rings is 1. The first-order valence-corrected chi connectivity index (χ1v) is 5.64. The Balaban J connectivity index is 2.99. The molecule has 1 aromatic heterocycles. The smallest absolute Gasteiger partial charge is 0.326 e. The van der Waals surface area contributed by atoms with E-state index in [-0.39, 0.29) is 24.5 Å². The van der Waals surface area contributed by atoms with Crippen molar-refractivity contribution in [2.24, 2.45) is 0 Å². The highest BCUT2D eigenvalue weighted by Gasteiger charge is 2.23. The van der Waals surface area contributed by atoms with Crippen LogP contribution in [0.2, 0.25) is 0 Å². The van der Waals surface area contributed by atoms with Crippen LogP contribution in [0.1, 0.15) is 13.3 Å². The number of hydrogen-bond acceptors (Lipinski definition) is 6. The van der Waals surface area contributed by atoms with E-state index in [4.69, 9.17) is 10.2 Å². The molecule has 0 spiro atoms. The van der Waals surface area contributed by atoms with Gasteiger partial charge in [0.25, 0.3) is 5.69 Å². The highest BCUT2D eigenvalue weighted by atomic mass is 16.6. The fraction of sp³-hybridized carbons (Fsp3) is 0.364. The molecule has 1 atom stereocenters. The van der Waals surface area contributed by atoms with E-state index in [0.717, 1.165) is 6.20 Å². The lowest BCUT2D eigenvalue weighted by Crippen LogP contribution is -2.40. The third-order valence-electron chi connectivity index (χ3n) is 2.63. The number of rotatable bonds is 7. The predicted molar refractivity (Wildman–Crippen MR) is 67.6 cm³/mol. The van der Waals surface area contributed by atoms with Gasteiger partial charge in [0.05, 0.1) is 11.3 Å². The number of nitro groups is 1. The Bertz CT molecular complexity index is 515. The first kappa shape index (κ1) is 15.3. The van der Waals surface area contributed by atoms with Crippen molar-refractivity contribution in [2.45, 2.75) is 19.4 Å². The molecule has 2 N–H and O–H groups in total. The second-order valence-electron chi connectivity index (χ2n) is 3.98. The van der Waals surface area contributed by atoms with Crippen LogP contribution in [0.5, 0.6) is 0 Å². The van der Waals surface area contributed by atoms with Crippen molar-refractivity contribution in [1.82, 2.24) is 4.98 Å². The number of carboxylic acids is 2. The number of anilines is 1. The number of aliphatic carboxylic acids is 2. The molecule has 0 aromatic carbocycles. The minimum absolute atomic E-state index is 0.0619. The van der Waals surface area contributed by atoms with E-state index in [0.29, 0.717) is 0 Å². The van der Waals surface area contributed by atoms with E-state index in [1.807, 2.05) is 0 Å². The maximum atomic E-state index is 11.0. The molecule has 9 nitrogen and oxygen atoms in total. The Morgan fingerprint density at radius 2 is 2.10 bits per heavy atom. The van der Waals surface area contributed by atoms with Gasteiger partial charge in [-0.2, -0.15) is 0 Å². The zero-order chi connectivity index (χ0) is 15.3. The van der Waals surface area contributed by atoms with Crippen molar-refractivity contribution in [3.63, 3.8) is 0 Å². The molecule has 0 radical (unpaired) electrons. The molecular formula is C11H13N3O6. The maximum absolute atomic E-state index is 11.0. The van der Waals surface area contributed by atoms with Crippen molar-refractivity contribution in [2.75, 3.05) is 11.4 Å². The van der Waals surface area contributed by atoms with Gasteiger partial charge in [0.2, 0.25) is 0 Å². The lowest BCUT2D eigenvalue weighted by molar-refractivity contribution is -0.385. The zero-order valence-electron chi connectivity index (χ0n) is 10.6. The molecule has 108 valence electrons. The van der Waals surface area contributed by atoms with Crippen LogP contribution < -0.4 is 4.90 Å². The lowest BCUT2D eigenvalue weighted by Gasteiger charge is -2.26. The third kappa shape index (κ3) is 3.90. The zero-order valence-corrected chi connectivity index (χ0v) is 10.6. The summed E-state index contributed by atoms with van der Waals surface area (Å²) >= 11 is 0.